The first-order chi connectivity index (χ1) is 13.5. The molecular formula is C21H16ClN3O3. The molecule has 0 saturated heterocycles. The number of furan rings is 1. The average molecular weight is 394 g/mol. The van der Waals surface area contributed by atoms with Crippen LogP contribution in [0.25, 0.3) is 10.9 Å². The van der Waals surface area contributed by atoms with Gasteiger partial charge in [-0.3, -0.25) is 9.59 Å². The zero-order valence-corrected chi connectivity index (χ0v) is 15.7. The van der Waals surface area contributed by atoms with E-state index in [-0.39, 0.29) is 11.7 Å². The minimum Gasteiger partial charge on any atom is -0.459 e. The van der Waals surface area contributed by atoms with Gasteiger partial charge in [0.2, 0.25) is 0 Å². The minimum absolute atomic E-state index is 0.184. The third-order valence-corrected chi connectivity index (χ3v) is 4.72. The van der Waals surface area contributed by atoms with Crippen LogP contribution in [0.5, 0.6) is 0 Å². The van der Waals surface area contributed by atoms with Crippen molar-refractivity contribution in [3.63, 3.8) is 0 Å². The molecule has 2 amide bonds. The number of aromatic nitrogens is 1. The van der Waals surface area contributed by atoms with E-state index in [9.17, 15) is 9.59 Å². The van der Waals surface area contributed by atoms with Crippen LogP contribution in [-0.2, 0) is 7.05 Å². The van der Waals surface area contributed by atoms with Gasteiger partial charge in [0.1, 0.15) is 5.69 Å². The fraction of sp³-hybridized carbons (Fsp3) is 0.0476. The lowest BCUT2D eigenvalue weighted by molar-refractivity contribution is 0.0993. The first kappa shape index (κ1) is 17.9. The highest BCUT2D eigenvalue weighted by Gasteiger charge is 2.15. The number of nitrogens with one attached hydrogen (secondary N) is 2. The fourth-order valence-electron chi connectivity index (χ4n) is 2.99. The number of aryl methyl sites for hydroxylation is 1. The van der Waals surface area contributed by atoms with Crippen molar-refractivity contribution in [3.8, 4) is 0 Å². The summed E-state index contributed by atoms with van der Waals surface area (Å²) in [5.41, 5.74) is 2.45. The number of rotatable bonds is 4. The monoisotopic (exact) mass is 393 g/mol. The number of nitrogens with zero attached hydrogens (tertiary/aromatic N) is 1. The number of hydrogen-bond donors (Lipinski definition) is 2. The Kier molecular flexibility index (Phi) is 4.63. The summed E-state index contributed by atoms with van der Waals surface area (Å²) in [6.45, 7) is 0. The van der Waals surface area contributed by atoms with E-state index in [1.54, 1.807) is 30.3 Å². The number of halogens is 1. The third-order valence-electron chi connectivity index (χ3n) is 4.40. The Bertz CT molecular complexity index is 1180. The number of para-hydroxylation sites is 1. The van der Waals surface area contributed by atoms with E-state index in [1.807, 2.05) is 41.9 Å². The standard InChI is InChI=1S/C21H16ClN3O3/c1-25-17-6-3-2-5-13(17)11-18(25)20(26)23-14-8-9-16(15(22)12-14)24-21(27)19-7-4-10-28-19/h2-12H,1H3,(H,23,26)(H,24,27). The van der Waals surface area contributed by atoms with E-state index in [0.717, 1.165) is 10.9 Å². The summed E-state index contributed by atoms with van der Waals surface area (Å²) in [6.07, 6.45) is 1.42. The third kappa shape index (κ3) is 3.37. The second-order valence-electron chi connectivity index (χ2n) is 6.23. The molecule has 6 nitrogen and oxygen atoms in total. The topological polar surface area (TPSA) is 76.3 Å². The van der Waals surface area contributed by atoms with Crippen molar-refractivity contribution in [2.75, 3.05) is 10.6 Å². The van der Waals surface area contributed by atoms with Crippen LogP contribution in [0, 0.1) is 0 Å². The Labute approximate surface area is 165 Å². The molecule has 28 heavy (non-hydrogen) atoms. The molecule has 0 saturated carbocycles. The number of carbonyl (C=O) groups is 2. The Balaban J connectivity index is 1.52. The molecule has 0 atom stereocenters. The largest absolute Gasteiger partial charge is 0.459 e. The van der Waals surface area contributed by atoms with Gasteiger partial charge >= 0.3 is 0 Å². The molecule has 2 aromatic carbocycles. The molecule has 0 fully saturated rings. The quantitative estimate of drug-likeness (QED) is 0.516. The Morgan fingerprint density at radius 1 is 0.964 bits per heavy atom. The Morgan fingerprint density at radius 3 is 2.50 bits per heavy atom. The minimum atomic E-state index is -0.404. The fourth-order valence-corrected chi connectivity index (χ4v) is 3.22. The van der Waals surface area contributed by atoms with E-state index in [0.29, 0.717) is 22.1 Å². The normalized spacial score (nSPS) is 10.8. The van der Waals surface area contributed by atoms with Crippen molar-refractivity contribution in [1.82, 2.24) is 4.57 Å². The molecule has 2 N–H and O–H groups in total. The lowest BCUT2D eigenvalue weighted by atomic mass is 10.2. The summed E-state index contributed by atoms with van der Waals surface area (Å²) >= 11 is 6.26. The zero-order chi connectivity index (χ0) is 19.7. The van der Waals surface area contributed by atoms with Crippen LogP contribution in [-0.4, -0.2) is 16.4 Å². The van der Waals surface area contributed by atoms with Crippen molar-refractivity contribution in [3.05, 3.63) is 83.4 Å². The number of amides is 2. The van der Waals surface area contributed by atoms with E-state index in [1.165, 1.54) is 6.26 Å². The predicted octanol–water partition coefficient (Wildman–Crippen LogP) is 4.93. The van der Waals surface area contributed by atoms with Crippen LogP contribution in [0.3, 0.4) is 0 Å². The van der Waals surface area contributed by atoms with Crippen molar-refractivity contribution in [2.45, 2.75) is 0 Å². The van der Waals surface area contributed by atoms with E-state index in [4.69, 9.17) is 16.0 Å². The van der Waals surface area contributed by atoms with Gasteiger partial charge in [0, 0.05) is 23.6 Å². The molecule has 4 rings (SSSR count). The van der Waals surface area contributed by atoms with Crippen molar-refractivity contribution >= 4 is 45.7 Å². The highest BCUT2D eigenvalue weighted by atomic mass is 35.5. The first-order valence-corrected chi connectivity index (χ1v) is 8.91. The maximum absolute atomic E-state index is 12.7. The highest BCUT2D eigenvalue weighted by Crippen LogP contribution is 2.27. The highest BCUT2D eigenvalue weighted by molar-refractivity contribution is 6.34. The Hall–Kier alpha value is -3.51. The molecular weight excluding hydrogens is 378 g/mol. The summed E-state index contributed by atoms with van der Waals surface area (Å²) in [6, 6.07) is 17.7. The lowest BCUT2D eigenvalue weighted by Crippen LogP contribution is -2.16. The summed E-state index contributed by atoms with van der Waals surface area (Å²) in [5.74, 6) is -0.467. The average Bonchev–Trinajstić information content (AvgIpc) is 3.33. The Morgan fingerprint density at radius 2 is 1.79 bits per heavy atom. The number of hydrogen-bond acceptors (Lipinski definition) is 3. The molecule has 0 unspecified atom stereocenters. The van der Waals surface area contributed by atoms with Crippen LogP contribution in [0.15, 0.2) is 71.3 Å². The van der Waals surface area contributed by atoms with Crippen molar-refractivity contribution < 1.29 is 14.0 Å². The van der Waals surface area contributed by atoms with Crippen LogP contribution >= 0.6 is 11.6 Å². The lowest BCUT2D eigenvalue weighted by Gasteiger charge is -2.10. The molecule has 7 heteroatoms. The number of anilines is 2. The van der Waals surface area contributed by atoms with Crippen LogP contribution in [0.4, 0.5) is 11.4 Å². The molecule has 0 aliphatic carbocycles. The number of fused-ring (bicyclic) bond motifs is 1. The van der Waals surface area contributed by atoms with Gasteiger partial charge in [0.05, 0.1) is 17.0 Å². The van der Waals surface area contributed by atoms with E-state index in [2.05, 4.69) is 10.6 Å². The van der Waals surface area contributed by atoms with Gasteiger partial charge in [-0.2, -0.15) is 0 Å². The molecule has 2 aromatic heterocycles. The molecule has 4 aromatic rings. The maximum atomic E-state index is 12.7. The van der Waals surface area contributed by atoms with E-state index >= 15 is 0 Å². The molecule has 0 aliphatic heterocycles. The van der Waals surface area contributed by atoms with E-state index < -0.39 is 5.91 Å². The zero-order valence-electron chi connectivity index (χ0n) is 14.9. The molecule has 0 bridgehead atoms. The number of benzene rings is 2. The summed E-state index contributed by atoms with van der Waals surface area (Å²) in [4.78, 5) is 24.7. The van der Waals surface area contributed by atoms with Crippen molar-refractivity contribution in [1.29, 1.82) is 0 Å². The van der Waals surface area contributed by atoms with Crippen molar-refractivity contribution in [2.24, 2.45) is 7.05 Å². The van der Waals surface area contributed by atoms with Crippen LogP contribution in [0.2, 0.25) is 5.02 Å². The first-order valence-electron chi connectivity index (χ1n) is 8.53. The van der Waals surface area contributed by atoms with Crippen LogP contribution < -0.4 is 10.6 Å². The number of carbonyl (C=O) groups excluding carboxylic acids is 2. The predicted molar refractivity (Wildman–Crippen MR) is 109 cm³/mol. The second-order valence-corrected chi connectivity index (χ2v) is 6.63. The summed E-state index contributed by atoms with van der Waals surface area (Å²) in [5, 5.41) is 6.79. The van der Waals surface area contributed by atoms with Gasteiger partial charge in [-0.15, -0.1) is 0 Å². The summed E-state index contributed by atoms with van der Waals surface area (Å²) in [7, 11) is 1.84. The summed E-state index contributed by atoms with van der Waals surface area (Å²) < 4.78 is 6.89. The molecule has 140 valence electrons. The molecule has 2 heterocycles. The van der Waals surface area contributed by atoms with Gasteiger partial charge in [0.15, 0.2) is 5.76 Å². The molecule has 0 spiro atoms. The van der Waals surface area contributed by atoms with Crippen LogP contribution in [0.1, 0.15) is 21.0 Å². The molecule has 0 radical (unpaired) electrons. The van der Waals surface area contributed by atoms with Gasteiger partial charge in [-0.05, 0) is 42.5 Å². The van der Waals surface area contributed by atoms with Gasteiger partial charge in [-0.25, -0.2) is 0 Å². The van der Waals surface area contributed by atoms with Gasteiger partial charge in [-0.1, -0.05) is 29.8 Å². The smallest absolute Gasteiger partial charge is 0.291 e. The maximum Gasteiger partial charge on any atom is 0.291 e. The second kappa shape index (κ2) is 7.25. The van der Waals surface area contributed by atoms with Gasteiger partial charge in [0.25, 0.3) is 11.8 Å². The van der Waals surface area contributed by atoms with Gasteiger partial charge < -0.3 is 19.6 Å². The SMILES string of the molecule is Cn1c(C(=O)Nc2ccc(NC(=O)c3ccco3)c(Cl)c2)cc2ccccc21. The molecule has 0 aliphatic rings.